The first-order valence-electron chi connectivity index (χ1n) is 5.89. The Bertz CT molecular complexity index is 425. The number of benzene rings is 1. The molecule has 2 rings (SSSR count). The van der Waals surface area contributed by atoms with E-state index < -0.39 is 17.5 Å². The predicted molar refractivity (Wildman–Crippen MR) is 69.4 cm³/mol. The number of hydrogen-bond donors (Lipinski definition) is 1. The fraction of sp³-hybridized carbons (Fsp3) is 0.538. The van der Waals surface area contributed by atoms with Crippen molar-refractivity contribution in [2.45, 2.75) is 26.3 Å². The van der Waals surface area contributed by atoms with E-state index in [4.69, 9.17) is 0 Å². The molecule has 100 valence electrons. The highest BCUT2D eigenvalue weighted by Gasteiger charge is 2.32. The summed E-state index contributed by atoms with van der Waals surface area (Å²) in [5, 5.41) is 3.11. The smallest absolute Gasteiger partial charge is 0.194 e. The maximum atomic E-state index is 13.1. The largest absolute Gasteiger partial charge is 0.381 e. The fourth-order valence-electron chi connectivity index (χ4n) is 2.01. The molecule has 1 aromatic rings. The number of rotatable bonds is 2. The van der Waals surface area contributed by atoms with E-state index in [1.807, 2.05) is 11.8 Å². The second kappa shape index (κ2) is 5.03. The van der Waals surface area contributed by atoms with Gasteiger partial charge in [0, 0.05) is 29.6 Å². The Labute approximate surface area is 109 Å². The molecular formula is C13H16F3NS. The summed E-state index contributed by atoms with van der Waals surface area (Å²) in [5.74, 6) is -1.75. The lowest BCUT2D eigenvalue weighted by Gasteiger charge is -2.39. The van der Waals surface area contributed by atoms with Gasteiger partial charge in [0.15, 0.2) is 17.5 Å². The first-order chi connectivity index (χ1) is 8.40. The second-order valence-corrected chi connectivity index (χ2v) is 6.41. The SMILES string of the molecule is CC1(C)CCSCC1Nc1cc(F)c(F)c(F)c1. The third-order valence-corrected chi connectivity index (χ3v) is 4.51. The lowest BCUT2D eigenvalue weighted by Crippen LogP contribution is -2.41. The van der Waals surface area contributed by atoms with Gasteiger partial charge in [0.05, 0.1) is 0 Å². The zero-order valence-corrected chi connectivity index (χ0v) is 11.2. The van der Waals surface area contributed by atoms with E-state index in [9.17, 15) is 13.2 Å². The van der Waals surface area contributed by atoms with Crippen molar-refractivity contribution in [1.29, 1.82) is 0 Å². The van der Waals surface area contributed by atoms with Gasteiger partial charge in [-0.25, -0.2) is 13.2 Å². The lowest BCUT2D eigenvalue weighted by atomic mass is 9.82. The summed E-state index contributed by atoms with van der Waals surface area (Å²) in [6.07, 6.45) is 1.04. The first-order valence-corrected chi connectivity index (χ1v) is 7.04. The van der Waals surface area contributed by atoms with Gasteiger partial charge in [0.2, 0.25) is 0 Å². The summed E-state index contributed by atoms with van der Waals surface area (Å²) >= 11 is 1.81. The van der Waals surface area contributed by atoms with Gasteiger partial charge < -0.3 is 5.32 Å². The van der Waals surface area contributed by atoms with Gasteiger partial charge in [-0.2, -0.15) is 11.8 Å². The van der Waals surface area contributed by atoms with Gasteiger partial charge in [-0.1, -0.05) is 13.8 Å². The number of anilines is 1. The minimum Gasteiger partial charge on any atom is -0.381 e. The Morgan fingerprint density at radius 2 is 1.83 bits per heavy atom. The summed E-state index contributed by atoms with van der Waals surface area (Å²) in [6, 6.07) is 2.14. The molecule has 1 aliphatic rings. The van der Waals surface area contributed by atoms with Gasteiger partial charge >= 0.3 is 0 Å². The molecule has 1 fully saturated rings. The molecule has 0 aliphatic carbocycles. The van der Waals surface area contributed by atoms with Crippen molar-refractivity contribution in [3.8, 4) is 0 Å². The number of hydrogen-bond acceptors (Lipinski definition) is 2. The van der Waals surface area contributed by atoms with Crippen molar-refractivity contribution in [1.82, 2.24) is 0 Å². The monoisotopic (exact) mass is 275 g/mol. The van der Waals surface area contributed by atoms with Crippen LogP contribution in [0.25, 0.3) is 0 Å². The Morgan fingerprint density at radius 3 is 2.39 bits per heavy atom. The Balaban J connectivity index is 2.18. The molecule has 1 atom stereocenters. The van der Waals surface area contributed by atoms with E-state index >= 15 is 0 Å². The molecular weight excluding hydrogens is 259 g/mol. The minimum absolute atomic E-state index is 0.0621. The average molecular weight is 275 g/mol. The van der Waals surface area contributed by atoms with E-state index in [0.717, 1.165) is 30.1 Å². The molecule has 1 nitrogen and oxygen atoms in total. The maximum Gasteiger partial charge on any atom is 0.194 e. The molecule has 1 N–H and O–H groups in total. The van der Waals surface area contributed by atoms with Gasteiger partial charge in [-0.05, 0) is 17.6 Å². The highest BCUT2D eigenvalue weighted by Crippen LogP contribution is 2.36. The zero-order valence-electron chi connectivity index (χ0n) is 10.4. The molecule has 0 spiro atoms. The van der Waals surface area contributed by atoms with Crippen LogP contribution in [0.3, 0.4) is 0 Å². The van der Waals surface area contributed by atoms with Crippen LogP contribution >= 0.6 is 11.8 Å². The molecule has 5 heteroatoms. The molecule has 0 aromatic heterocycles. The van der Waals surface area contributed by atoms with E-state index in [1.54, 1.807) is 0 Å². The van der Waals surface area contributed by atoms with Gasteiger partial charge in [-0.3, -0.25) is 0 Å². The Hall–Kier alpha value is -0.840. The van der Waals surface area contributed by atoms with Crippen LogP contribution in [0.1, 0.15) is 20.3 Å². The predicted octanol–water partition coefficient (Wildman–Crippen LogP) is 4.05. The summed E-state index contributed by atoms with van der Waals surface area (Å²) in [6.45, 7) is 4.25. The van der Waals surface area contributed by atoms with E-state index in [1.165, 1.54) is 0 Å². The number of nitrogens with one attached hydrogen (secondary N) is 1. The first kappa shape index (κ1) is 13.6. The zero-order chi connectivity index (χ0) is 13.3. The van der Waals surface area contributed by atoms with Crippen molar-refractivity contribution in [2.24, 2.45) is 5.41 Å². The summed E-state index contributed by atoms with van der Waals surface area (Å²) in [7, 11) is 0. The molecule has 0 bridgehead atoms. The second-order valence-electron chi connectivity index (χ2n) is 5.26. The molecule has 0 saturated carbocycles. The van der Waals surface area contributed by atoms with Gasteiger partial charge in [0.25, 0.3) is 0 Å². The highest BCUT2D eigenvalue weighted by atomic mass is 32.2. The fourth-order valence-corrected chi connectivity index (χ4v) is 3.62. The molecule has 1 aliphatic heterocycles. The lowest BCUT2D eigenvalue weighted by molar-refractivity contribution is 0.305. The van der Waals surface area contributed by atoms with Gasteiger partial charge in [0.1, 0.15) is 0 Å². The van der Waals surface area contributed by atoms with Crippen LogP contribution in [0.15, 0.2) is 12.1 Å². The topological polar surface area (TPSA) is 12.0 Å². The standard InChI is InChI=1S/C13H16F3NS/c1-13(2)3-4-18-7-11(13)17-8-5-9(14)12(16)10(15)6-8/h5-6,11,17H,3-4,7H2,1-2H3. The molecule has 1 aromatic carbocycles. The van der Waals surface area contributed by atoms with Crippen molar-refractivity contribution in [3.05, 3.63) is 29.6 Å². The number of thioether (sulfide) groups is 1. The average Bonchev–Trinajstić information content (AvgIpc) is 2.28. The van der Waals surface area contributed by atoms with E-state index in [0.29, 0.717) is 5.69 Å². The van der Waals surface area contributed by atoms with Crippen LogP contribution in [-0.4, -0.2) is 17.5 Å². The normalized spacial score (nSPS) is 22.8. The summed E-state index contributed by atoms with van der Waals surface area (Å²) < 4.78 is 39.1. The van der Waals surface area contributed by atoms with Crippen molar-refractivity contribution in [3.63, 3.8) is 0 Å². The maximum absolute atomic E-state index is 13.1. The van der Waals surface area contributed by atoms with Crippen molar-refractivity contribution >= 4 is 17.4 Å². The molecule has 18 heavy (non-hydrogen) atoms. The van der Waals surface area contributed by atoms with Crippen molar-refractivity contribution in [2.75, 3.05) is 16.8 Å². The number of halogens is 3. The van der Waals surface area contributed by atoms with Crippen LogP contribution in [0.4, 0.5) is 18.9 Å². The summed E-state index contributed by atoms with van der Waals surface area (Å²) in [5.41, 5.74) is 0.360. The molecule has 0 radical (unpaired) electrons. The molecule has 0 amide bonds. The van der Waals surface area contributed by atoms with E-state index in [-0.39, 0.29) is 11.5 Å². The van der Waals surface area contributed by atoms with Crippen LogP contribution < -0.4 is 5.32 Å². The molecule has 1 unspecified atom stereocenters. The third-order valence-electron chi connectivity index (χ3n) is 3.44. The van der Waals surface area contributed by atoms with Crippen LogP contribution in [0.5, 0.6) is 0 Å². The van der Waals surface area contributed by atoms with E-state index in [2.05, 4.69) is 19.2 Å². The van der Waals surface area contributed by atoms with Crippen LogP contribution in [0.2, 0.25) is 0 Å². The van der Waals surface area contributed by atoms with Crippen molar-refractivity contribution < 1.29 is 13.2 Å². The highest BCUT2D eigenvalue weighted by molar-refractivity contribution is 7.99. The quantitative estimate of drug-likeness (QED) is 0.817. The van der Waals surface area contributed by atoms with Crippen LogP contribution in [0, 0.1) is 22.9 Å². The Morgan fingerprint density at radius 1 is 1.22 bits per heavy atom. The minimum atomic E-state index is -1.42. The Kier molecular flexibility index (Phi) is 3.80. The van der Waals surface area contributed by atoms with Gasteiger partial charge in [-0.15, -0.1) is 0 Å². The molecule has 1 saturated heterocycles. The summed E-state index contributed by atoms with van der Waals surface area (Å²) in [4.78, 5) is 0. The van der Waals surface area contributed by atoms with Crippen LogP contribution in [-0.2, 0) is 0 Å². The third kappa shape index (κ3) is 2.76. The molecule has 1 heterocycles.